The number of anilines is 1. The number of pyridine rings is 1. The van der Waals surface area contributed by atoms with Crippen molar-refractivity contribution in [1.29, 1.82) is 0 Å². The van der Waals surface area contributed by atoms with E-state index >= 15 is 0 Å². The number of halogens is 1. The molecule has 1 heterocycles. The van der Waals surface area contributed by atoms with Gasteiger partial charge in [0, 0.05) is 24.3 Å². The lowest BCUT2D eigenvalue weighted by atomic mass is 10.1. The number of nitrogens with zero attached hydrogens (tertiary/aromatic N) is 1. The van der Waals surface area contributed by atoms with Gasteiger partial charge in [0.1, 0.15) is 0 Å². The van der Waals surface area contributed by atoms with Crippen LogP contribution in [0, 0.1) is 19.8 Å². The molecule has 0 spiro atoms. The van der Waals surface area contributed by atoms with E-state index in [-0.39, 0.29) is 29.8 Å². The lowest BCUT2D eigenvalue weighted by molar-refractivity contribution is 0.238. The Balaban J connectivity index is 1.97. The summed E-state index contributed by atoms with van der Waals surface area (Å²) < 4.78 is 0. The van der Waals surface area contributed by atoms with Crippen LogP contribution < -0.4 is 10.6 Å². The lowest BCUT2D eigenvalue weighted by Gasteiger charge is -2.15. The number of amides is 2. The smallest absolute Gasteiger partial charge is 0.319 e. The molecular weight excluding hydrogens is 278 g/mol. The van der Waals surface area contributed by atoms with Crippen LogP contribution in [0.25, 0.3) is 0 Å². The number of hydrogen-bond acceptors (Lipinski definition) is 3. The standard InChI is InChI=1S/C14H18ClN3O2/c1-8-5-9(2)16-13(15)12(8)18-14(20)17-11-4-3-10(6-11)7-19/h3-5,10-11,19H,6-7H2,1-2H3,(H2,17,18,20)/t10-,11+/m0/s1. The van der Waals surface area contributed by atoms with Crippen molar-refractivity contribution in [3.63, 3.8) is 0 Å². The molecule has 108 valence electrons. The van der Waals surface area contributed by atoms with Gasteiger partial charge in [-0.3, -0.25) is 0 Å². The summed E-state index contributed by atoms with van der Waals surface area (Å²) in [7, 11) is 0. The third kappa shape index (κ3) is 3.49. The molecule has 0 aromatic carbocycles. The maximum Gasteiger partial charge on any atom is 0.319 e. The first-order valence-corrected chi connectivity index (χ1v) is 6.88. The molecule has 0 fully saturated rings. The van der Waals surface area contributed by atoms with Crippen molar-refractivity contribution in [3.8, 4) is 0 Å². The lowest BCUT2D eigenvalue weighted by Crippen LogP contribution is -2.36. The van der Waals surface area contributed by atoms with Crippen molar-refractivity contribution in [2.75, 3.05) is 11.9 Å². The fourth-order valence-electron chi connectivity index (χ4n) is 2.28. The maximum absolute atomic E-state index is 11.9. The van der Waals surface area contributed by atoms with E-state index in [2.05, 4.69) is 15.6 Å². The number of rotatable bonds is 3. The van der Waals surface area contributed by atoms with Gasteiger partial charge in [-0.15, -0.1) is 0 Å². The summed E-state index contributed by atoms with van der Waals surface area (Å²) in [4.78, 5) is 16.1. The number of urea groups is 1. The summed E-state index contributed by atoms with van der Waals surface area (Å²) in [5.74, 6) is 0.117. The number of aryl methyl sites for hydroxylation is 2. The van der Waals surface area contributed by atoms with E-state index in [1.165, 1.54) is 0 Å². The van der Waals surface area contributed by atoms with E-state index in [0.29, 0.717) is 12.1 Å². The van der Waals surface area contributed by atoms with Crippen LogP contribution in [0.3, 0.4) is 0 Å². The molecule has 1 aromatic heterocycles. The molecule has 1 aromatic rings. The highest BCUT2D eigenvalue weighted by Gasteiger charge is 2.20. The molecule has 0 bridgehead atoms. The number of carbonyl (C=O) groups is 1. The zero-order valence-electron chi connectivity index (χ0n) is 11.5. The molecule has 0 aliphatic heterocycles. The first-order chi connectivity index (χ1) is 9.49. The molecule has 2 atom stereocenters. The van der Waals surface area contributed by atoms with E-state index in [4.69, 9.17) is 16.7 Å². The minimum absolute atomic E-state index is 0.0651. The van der Waals surface area contributed by atoms with Gasteiger partial charge in [-0.25, -0.2) is 9.78 Å². The molecule has 0 unspecified atom stereocenters. The first-order valence-electron chi connectivity index (χ1n) is 6.50. The Labute approximate surface area is 123 Å². The highest BCUT2D eigenvalue weighted by Crippen LogP contribution is 2.24. The van der Waals surface area contributed by atoms with Gasteiger partial charge < -0.3 is 15.7 Å². The summed E-state index contributed by atoms with van der Waals surface area (Å²) in [6.45, 7) is 3.82. The Morgan fingerprint density at radius 1 is 1.50 bits per heavy atom. The largest absolute Gasteiger partial charge is 0.396 e. The summed E-state index contributed by atoms with van der Waals surface area (Å²) in [5, 5.41) is 14.9. The molecule has 3 N–H and O–H groups in total. The zero-order chi connectivity index (χ0) is 14.7. The van der Waals surface area contributed by atoms with Crippen molar-refractivity contribution in [2.24, 2.45) is 5.92 Å². The predicted molar refractivity (Wildman–Crippen MR) is 79.0 cm³/mol. The molecule has 1 aliphatic carbocycles. The average Bonchev–Trinajstić information content (AvgIpc) is 2.81. The van der Waals surface area contributed by atoms with E-state index < -0.39 is 0 Å². The number of nitrogens with one attached hydrogen (secondary N) is 2. The Bertz CT molecular complexity index is 522. The van der Waals surface area contributed by atoms with Crippen LogP contribution in [0.5, 0.6) is 0 Å². The minimum atomic E-state index is -0.325. The van der Waals surface area contributed by atoms with Crippen molar-refractivity contribution >= 4 is 23.3 Å². The molecule has 2 amide bonds. The van der Waals surface area contributed by atoms with E-state index in [0.717, 1.165) is 11.3 Å². The van der Waals surface area contributed by atoms with Crippen LogP contribution in [0.4, 0.5) is 10.5 Å². The van der Waals surface area contributed by atoms with Crippen LogP contribution in [0.2, 0.25) is 5.15 Å². The van der Waals surface area contributed by atoms with Gasteiger partial charge >= 0.3 is 6.03 Å². The maximum atomic E-state index is 11.9. The number of carbonyl (C=O) groups excluding carboxylic acids is 1. The molecule has 2 rings (SSSR count). The Morgan fingerprint density at radius 2 is 2.25 bits per heavy atom. The molecular formula is C14H18ClN3O2. The van der Waals surface area contributed by atoms with Crippen molar-refractivity contribution in [3.05, 3.63) is 34.6 Å². The molecule has 0 radical (unpaired) electrons. The van der Waals surface area contributed by atoms with E-state index in [9.17, 15) is 4.79 Å². The Kier molecular flexibility index (Phi) is 4.62. The Hall–Kier alpha value is -1.59. The quantitative estimate of drug-likeness (QED) is 0.592. The topological polar surface area (TPSA) is 74.2 Å². The second kappa shape index (κ2) is 6.24. The fraction of sp³-hybridized carbons (Fsp3) is 0.429. The van der Waals surface area contributed by atoms with Crippen LogP contribution in [0.15, 0.2) is 18.2 Å². The molecule has 0 saturated heterocycles. The van der Waals surface area contributed by atoms with Crippen molar-refractivity contribution < 1.29 is 9.90 Å². The third-order valence-electron chi connectivity index (χ3n) is 3.26. The molecule has 20 heavy (non-hydrogen) atoms. The van der Waals surface area contributed by atoms with Gasteiger partial charge in [0.2, 0.25) is 0 Å². The molecule has 1 aliphatic rings. The van der Waals surface area contributed by atoms with Crippen LogP contribution in [0.1, 0.15) is 17.7 Å². The monoisotopic (exact) mass is 295 g/mol. The number of aromatic nitrogens is 1. The summed E-state index contributed by atoms with van der Waals surface area (Å²) in [5.41, 5.74) is 2.20. The highest BCUT2D eigenvalue weighted by molar-refractivity contribution is 6.32. The number of aliphatic hydroxyl groups excluding tert-OH is 1. The van der Waals surface area contributed by atoms with Gasteiger partial charge in [-0.2, -0.15) is 0 Å². The Morgan fingerprint density at radius 3 is 2.85 bits per heavy atom. The van der Waals surface area contributed by atoms with E-state index in [1.54, 1.807) is 0 Å². The summed E-state index contributed by atoms with van der Waals surface area (Å²) >= 11 is 6.04. The van der Waals surface area contributed by atoms with Gasteiger partial charge in [0.05, 0.1) is 5.69 Å². The van der Waals surface area contributed by atoms with Gasteiger partial charge in [-0.05, 0) is 31.9 Å². The average molecular weight is 296 g/mol. The van der Waals surface area contributed by atoms with Crippen molar-refractivity contribution in [1.82, 2.24) is 10.3 Å². The van der Waals surface area contributed by atoms with Gasteiger partial charge in [0.15, 0.2) is 5.15 Å². The second-order valence-electron chi connectivity index (χ2n) is 5.01. The summed E-state index contributed by atoms with van der Waals surface area (Å²) in [6.07, 6.45) is 4.52. The molecule has 6 heteroatoms. The van der Waals surface area contributed by atoms with Gasteiger partial charge in [-0.1, -0.05) is 23.8 Å². The van der Waals surface area contributed by atoms with Crippen LogP contribution >= 0.6 is 11.6 Å². The summed E-state index contributed by atoms with van der Waals surface area (Å²) in [6, 6.07) is 1.47. The van der Waals surface area contributed by atoms with Crippen molar-refractivity contribution in [2.45, 2.75) is 26.3 Å². The molecule has 0 saturated carbocycles. The number of aliphatic hydroxyl groups is 1. The predicted octanol–water partition coefficient (Wildman–Crippen LogP) is 2.41. The number of hydrogen-bond donors (Lipinski definition) is 3. The second-order valence-corrected chi connectivity index (χ2v) is 5.37. The fourth-order valence-corrected chi connectivity index (χ4v) is 2.61. The zero-order valence-corrected chi connectivity index (χ0v) is 12.2. The SMILES string of the molecule is Cc1cc(C)c(NC(=O)N[C@@H]2C=C[C@H](CO)C2)c(Cl)n1. The highest BCUT2D eigenvalue weighted by atomic mass is 35.5. The van der Waals surface area contributed by atoms with Crippen LogP contribution in [-0.2, 0) is 0 Å². The minimum Gasteiger partial charge on any atom is -0.396 e. The van der Waals surface area contributed by atoms with Crippen LogP contribution in [-0.4, -0.2) is 28.8 Å². The molecule has 5 nitrogen and oxygen atoms in total. The third-order valence-corrected chi connectivity index (χ3v) is 3.54. The van der Waals surface area contributed by atoms with E-state index in [1.807, 2.05) is 32.1 Å². The van der Waals surface area contributed by atoms with Gasteiger partial charge in [0.25, 0.3) is 0 Å². The normalized spacial score (nSPS) is 21.0. The first kappa shape index (κ1) is 14.8.